The molecule has 0 bridgehead atoms. The van der Waals surface area contributed by atoms with Gasteiger partial charge >= 0.3 is 0 Å². The SMILES string of the molecule is CC1CCC(Nc2cc([N+](=O)[O-])ccn2)C1. The molecule has 0 amide bonds. The summed E-state index contributed by atoms with van der Waals surface area (Å²) in [6.07, 6.45) is 4.92. The number of nitro groups is 1. The molecule has 2 unspecified atom stereocenters. The summed E-state index contributed by atoms with van der Waals surface area (Å²) in [7, 11) is 0. The zero-order valence-electron chi connectivity index (χ0n) is 9.22. The lowest BCUT2D eigenvalue weighted by atomic mass is 10.1. The van der Waals surface area contributed by atoms with E-state index in [0.29, 0.717) is 11.9 Å². The zero-order chi connectivity index (χ0) is 11.5. The first kappa shape index (κ1) is 10.9. The van der Waals surface area contributed by atoms with E-state index in [2.05, 4.69) is 17.2 Å². The Labute approximate surface area is 94.0 Å². The third kappa shape index (κ3) is 2.48. The maximum Gasteiger partial charge on any atom is 0.274 e. The summed E-state index contributed by atoms with van der Waals surface area (Å²) in [5.74, 6) is 1.34. The third-order valence-corrected chi connectivity index (χ3v) is 3.00. The summed E-state index contributed by atoms with van der Waals surface area (Å²) in [6.45, 7) is 2.22. The van der Waals surface area contributed by atoms with Crippen LogP contribution in [-0.2, 0) is 0 Å². The predicted octanol–water partition coefficient (Wildman–Crippen LogP) is 2.59. The Morgan fingerprint density at radius 2 is 2.38 bits per heavy atom. The molecule has 1 aliphatic carbocycles. The molecule has 16 heavy (non-hydrogen) atoms. The van der Waals surface area contributed by atoms with Gasteiger partial charge in [-0.2, -0.15) is 0 Å². The Bertz CT molecular complexity index is 395. The van der Waals surface area contributed by atoms with Crippen LogP contribution in [0.4, 0.5) is 11.5 Å². The molecule has 0 radical (unpaired) electrons. The van der Waals surface area contributed by atoms with Crippen molar-refractivity contribution in [3.63, 3.8) is 0 Å². The van der Waals surface area contributed by atoms with Crippen molar-refractivity contribution in [2.75, 3.05) is 5.32 Å². The fraction of sp³-hybridized carbons (Fsp3) is 0.545. The van der Waals surface area contributed by atoms with Crippen molar-refractivity contribution in [3.8, 4) is 0 Å². The van der Waals surface area contributed by atoms with E-state index in [1.165, 1.54) is 24.8 Å². The Morgan fingerprint density at radius 1 is 1.56 bits per heavy atom. The Balaban J connectivity index is 2.04. The molecule has 0 aliphatic heterocycles. The highest BCUT2D eigenvalue weighted by Gasteiger charge is 2.21. The van der Waals surface area contributed by atoms with Crippen LogP contribution >= 0.6 is 0 Å². The van der Waals surface area contributed by atoms with Crippen LogP contribution in [0.3, 0.4) is 0 Å². The van der Waals surface area contributed by atoms with Crippen molar-refractivity contribution in [2.45, 2.75) is 32.2 Å². The van der Waals surface area contributed by atoms with E-state index in [0.717, 1.165) is 18.8 Å². The highest BCUT2D eigenvalue weighted by atomic mass is 16.6. The summed E-state index contributed by atoms with van der Waals surface area (Å²) >= 11 is 0. The zero-order valence-corrected chi connectivity index (χ0v) is 9.22. The normalized spacial score (nSPS) is 24.3. The summed E-state index contributed by atoms with van der Waals surface area (Å²) < 4.78 is 0. The molecular weight excluding hydrogens is 206 g/mol. The molecule has 1 aromatic rings. The van der Waals surface area contributed by atoms with Gasteiger partial charge in [-0.05, 0) is 25.2 Å². The number of hydrogen-bond acceptors (Lipinski definition) is 4. The molecule has 5 heteroatoms. The van der Waals surface area contributed by atoms with Gasteiger partial charge in [-0.25, -0.2) is 4.98 Å². The van der Waals surface area contributed by atoms with Crippen LogP contribution in [0.1, 0.15) is 26.2 Å². The molecule has 1 fully saturated rings. The molecule has 2 rings (SSSR count). The molecule has 1 saturated carbocycles. The van der Waals surface area contributed by atoms with Gasteiger partial charge in [0.1, 0.15) is 5.82 Å². The summed E-state index contributed by atoms with van der Waals surface area (Å²) in [5, 5.41) is 13.8. The van der Waals surface area contributed by atoms with Crippen LogP contribution in [0.5, 0.6) is 0 Å². The highest BCUT2D eigenvalue weighted by Crippen LogP contribution is 2.27. The van der Waals surface area contributed by atoms with Gasteiger partial charge in [-0.1, -0.05) is 6.92 Å². The number of pyridine rings is 1. The van der Waals surface area contributed by atoms with Crippen LogP contribution in [0, 0.1) is 16.0 Å². The van der Waals surface area contributed by atoms with E-state index < -0.39 is 4.92 Å². The van der Waals surface area contributed by atoms with Gasteiger partial charge in [0.15, 0.2) is 0 Å². The lowest BCUT2D eigenvalue weighted by Gasteiger charge is -2.12. The first-order chi connectivity index (χ1) is 7.65. The Morgan fingerprint density at radius 3 is 3.00 bits per heavy atom. The molecule has 86 valence electrons. The smallest absolute Gasteiger partial charge is 0.274 e. The second kappa shape index (κ2) is 4.47. The molecule has 0 aromatic carbocycles. The monoisotopic (exact) mass is 221 g/mol. The van der Waals surface area contributed by atoms with Crippen LogP contribution in [0.2, 0.25) is 0 Å². The average Bonchev–Trinajstić information content (AvgIpc) is 2.64. The number of nitrogens with one attached hydrogen (secondary N) is 1. The number of nitrogens with zero attached hydrogens (tertiary/aromatic N) is 2. The number of rotatable bonds is 3. The maximum absolute atomic E-state index is 10.6. The first-order valence-electron chi connectivity index (χ1n) is 5.52. The first-order valence-corrected chi connectivity index (χ1v) is 5.52. The number of hydrogen-bond donors (Lipinski definition) is 1. The Hall–Kier alpha value is -1.65. The van der Waals surface area contributed by atoms with E-state index >= 15 is 0 Å². The van der Waals surface area contributed by atoms with Crippen LogP contribution in [0.25, 0.3) is 0 Å². The minimum atomic E-state index is -0.399. The van der Waals surface area contributed by atoms with Gasteiger partial charge in [-0.15, -0.1) is 0 Å². The van der Waals surface area contributed by atoms with Gasteiger partial charge in [0.05, 0.1) is 11.0 Å². The van der Waals surface area contributed by atoms with E-state index in [1.807, 2.05) is 0 Å². The fourth-order valence-electron chi connectivity index (χ4n) is 2.16. The molecule has 0 spiro atoms. The largest absolute Gasteiger partial charge is 0.367 e. The number of anilines is 1. The van der Waals surface area contributed by atoms with Gasteiger partial charge in [0.25, 0.3) is 5.69 Å². The minimum absolute atomic E-state index is 0.0866. The molecule has 2 atom stereocenters. The predicted molar refractivity (Wildman–Crippen MR) is 61.3 cm³/mol. The molecule has 1 heterocycles. The lowest BCUT2D eigenvalue weighted by molar-refractivity contribution is -0.384. The van der Waals surface area contributed by atoms with Crippen molar-refractivity contribution in [2.24, 2.45) is 5.92 Å². The molecule has 1 aromatic heterocycles. The maximum atomic E-state index is 10.6. The minimum Gasteiger partial charge on any atom is -0.367 e. The quantitative estimate of drug-likeness (QED) is 0.629. The van der Waals surface area contributed by atoms with Gasteiger partial charge < -0.3 is 5.32 Å². The standard InChI is InChI=1S/C11H15N3O2/c1-8-2-3-9(6-8)13-11-7-10(14(15)16)4-5-12-11/h4-5,7-9H,2-3,6H2,1H3,(H,12,13). The second-order valence-corrected chi connectivity index (χ2v) is 4.42. The average molecular weight is 221 g/mol. The van der Waals surface area contributed by atoms with Crippen molar-refractivity contribution >= 4 is 11.5 Å². The van der Waals surface area contributed by atoms with E-state index in [4.69, 9.17) is 0 Å². The van der Waals surface area contributed by atoms with Crippen LogP contribution in [-0.4, -0.2) is 15.9 Å². The molecule has 5 nitrogen and oxygen atoms in total. The molecule has 0 saturated heterocycles. The van der Waals surface area contributed by atoms with Crippen molar-refractivity contribution in [3.05, 3.63) is 28.4 Å². The van der Waals surface area contributed by atoms with Gasteiger partial charge in [-0.3, -0.25) is 10.1 Å². The van der Waals surface area contributed by atoms with E-state index in [-0.39, 0.29) is 5.69 Å². The van der Waals surface area contributed by atoms with Gasteiger partial charge in [0, 0.05) is 18.3 Å². The number of aromatic nitrogens is 1. The summed E-state index contributed by atoms with van der Waals surface area (Å²) in [5.41, 5.74) is 0.0866. The van der Waals surface area contributed by atoms with E-state index in [1.54, 1.807) is 0 Å². The summed E-state index contributed by atoms with van der Waals surface area (Å²) in [6, 6.07) is 3.30. The van der Waals surface area contributed by atoms with Crippen LogP contribution in [0.15, 0.2) is 18.3 Å². The van der Waals surface area contributed by atoms with Crippen LogP contribution < -0.4 is 5.32 Å². The fourth-order valence-corrected chi connectivity index (χ4v) is 2.16. The lowest BCUT2D eigenvalue weighted by Crippen LogP contribution is -2.16. The topological polar surface area (TPSA) is 68.1 Å². The van der Waals surface area contributed by atoms with E-state index in [9.17, 15) is 10.1 Å². The third-order valence-electron chi connectivity index (χ3n) is 3.00. The molecule has 1 N–H and O–H groups in total. The summed E-state index contributed by atoms with van der Waals surface area (Å²) in [4.78, 5) is 14.3. The van der Waals surface area contributed by atoms with Crippen molar-refractivity contribution < 1.29 is 4.92 Å². The highest BCUT2D eigenvalue weighted by molar-refractivity contribution is 5.44. The Kier molecular flexibility index (Phi) is 3.03. The van der Waals surface area contributed by atoms with Crippen molar-refractivity contribution in [1.29, 1.82) is 0 Å². The van der Waals surface area contributed by atoms with Crippen molar-refractivity contribution in [1.82, 2.24) is 4.98 Å². The molecular formula is C11H15N3O2. The second-order valence-electron chi connectivity index (χ2n) is 4.42. The van der Waals surface area contributed by atoms with Gasteiger partial charge in [0.2, 0.25) is 0 Å². The molecule has 1 aliphatic rings.